The summed E-state index contributed by atoms with van der Waals surface area (Å²) in [6, 6.07) is 15.4. The van der Waals surface area contributed by atoms with Gasteiger partial charge in [-0.1, -0.05) is 35.9 Å². The first-order chi connectivity index (χ1) is 13.0. The van der Waals surface area contributed by atoms with Gasteiger partial charge < -0.3 is 10.6 Å². The van der Waals surface area contributed by atoms with Gasteiger partial charge in [0, 0.05) is 17.3 Å². The molecule has 0 aliphatic heterocycles. The van der Waals surface area contributed by atoms with Gasteiger partial charge in [-0.25, -0.2) is 9.37 Å². The number of hydrogen-bond acceptors (Lipinski definition) is 3. The molecule has 0 fully saturated rings. The Balaban J connectivity index is 1.57. The van der Waals surface area contributed by atoms with Crippen molar-refractivity contribution in [2.45, 2.75) is 13.3 Å². The third-order valence-corrected chi connectivity index (χ3v) is 4.36. The van der Waals surface area contributed by atoms with E-state index in [1.54, 1.807) is 42.6 Å². The first-order valence-corrected chi connectivity index (χ1v) is 8.91. The van der Waals surface area contributed by atoms with Crippen LogP contribution < -0.4 is 10.6 Å². The second kappa shape index (κ2) is 8.64. The number of amides is 1. The summed E-state index contributed by atoms with van der Waals surface area (Å²) in [5.41, 5.74) is 3.29. The number of carbonyl (C=O) groups is 1. The molecule has 3 rings (SSSR count). The number of anilines is 2. The van der Waals surface area contributed by atoms with Gasteiger partial charge in [-0.05, 0) is 54.8 Å². The molecular formula is C21H19ClFN3O. The van der Waals surface area contributed by atoms with Crippen molar-refractivity contribution in [1.29, 1.82) is 0 Å². The summed E-state index contributed by atoms with van der Waals surface area (Å²) in [7, 11) is 0. The largest absolute Gasteiger partial charge is 0.383 e. The molecule has 1 aromatic heterocycles. The van der Waals surface area contributed by atoms with Crippen LogP contribution in [0.1, 0.15) is 21.6 Å². The van der Waals surface area contributed by atoms with E-state index >= 15 is 0 Å². The number of pyridine rings is 1. The minimum absolute atomic E-state index is 0.208. The molecular weight excluding hydrogens is 365 g/mol. The molecule has 0 bridgehead atoms. The second-order valence-electron chi connectivity index (χ2n) is 6.11. The average molecular weight is 384 g/mol. The number of carbonyl (C=O) groups excluding carboxylic acids is 1. The molecule has 0 atom stereocenters. The van der Waals surface area contributed by atoms with E-state index in [1.165, 1.54) is 6.07 Å². The topological polar surface area (TPSA) is 54.0 Å². The Labute approximate surface area is 162 Å². The second-order valence-corrected chi connectivity index (χ2v) is 6.55. The third-order valence-electron chi connectivity index (χ3n) is 4.13. The van der Waals surface area contributed by atoms with E-state index in [2.05, 4.69) is 15.6 Å². The predicted molar refractivity (Wildman–Crippen MR) is 107 cm³/mol. The van der Waals surface area contributed by atoms with Crippen molar-refractivity contribution in [3.8, 4) is 0 Å². The SMILES string of the molecule is Cc1ccc(Cl)cc1NC(=O)c1ccc(NCCc2ccccc2F)cn1. The van der Waals surface area contributed by atoms with Crippen molar-refractivity contribution >= 4 is 28.9 Å². The van der Waals surface area contributed by atoms with Gasteiger partial charge in [0.1, 0.15) is 11.5 Å². The van der Waals surface area contributed by atoms with E-state index < -0.39 is 0 Å². The molecule has 0 saturated carbocycles. The van der Waals surface area contributed by atoms with Gasteiger partial charge in [-0.3, -0.25) is 4.79 Å². The molecule has 0 aliphatic rings. The predicted octanol–water partition coefficient (Wildman–Crippen LogP) is 5.09. The highest BCUT2D eigenvalue weighted by atomic mass is 35.5. The van der Waals surface area contributed by atoms with E-state index in [9.17, 15) is 9.18 Å². The quantitative estimate of drug-likeness (QED) is 0.623. The lowest BCUT2D eigenvalue weighted by molar-refractivity contribution is 0.102. The van der Waals surface area contributed by atoms with Gasteiger partial charge in [-0.2, -0.15) is 0 Å². The van der Waals surface area contributed by atoms with Gasteiger partial charge in [0.25, 0.3) is 5.91 Å². The average Bonchev–Trinajstić information content (AvgIpc) is 2.67. The lowest BCUT2D eigenvalue weighted by atomic mass is 10.1. The summed E-state index contributed by atoms with van der Waals surface area (Å²) in [5, 5.41) is 6.54. The van der Waals surface area contributed by atoms with Crippen molar-refractivity contribution in [2.24, 2.45) is 0 Å². The van der Waals surface area contributed by atoms with Crippen LogP contribution in [0.4, 0.5) is 15.8 Å². The highest BCUT2D eigenvalue weighted by molar-refractivity contribution is 6.31. The molecule has 2 aromatic carbocycles. The molecule has 1 amide bonds. The number of nitrogens with zero attached hydrogens (tertiary/aromatic N) is 1. The number of halogens is 2. The monoisotopic (exact) mass is 383 g/mol. The number of hydrogen-bond donors (Lipinski definition) is 2. The first kappa shape index (κ1) is 18.9. The molecule has 4 nitrogen and oxygen atoms in total. The molecule has 3 aromatic rings. The molecule has 27 heavy (non-hydrogen) atoms. The summed E-state index contributed by atoms with van der Waals surface area (Å²) in [6.45, 7) is 2.46. The van der Waals surface area contributed by atoms with Crippen LogP contribution in [0, 0.1) is 12.7 Å². The minimum atomic E-state index is -0.307. The number of nitrogens with one attached hydrogen (secondary N) is 2. The van der Waals surface area contributed by atoms with Crippen molar-refractivity contribution in [3.63, 3.8) is 0 Å². The van der Waals surface area contributed by atoms with Crippen LogP contribution in [0.5, 0.6) is 0 Å². The first-order valence-electron chi connectivity index (χ1n) is 8.54. The Morgan fingerprint density at radius 3 is 2.70 bits per heavy atom. The summed E-state index contributed by atoms with van der Waals surface area (Å²) >= 11 is 5.97. The van der Waals surface area contributed by atoms with Crippen LogP contribution in [0.3, 0.4) is 0 Å². The number of rotatable bonds is 6. The molecule has 0 saturated heterocycles. The maximum Gasteiger partial charge on any atom is 0.274 e. The molecule has 0 aliphatic carbocycles. The van der Waals surface area contributed by atoms with Gasteiger partial charge in [0.05, 0.1) is 11.9 Å². The summed E-state index contributed by atoms with van der Waals surface area (Å²) in [5.74, 6) is -0.515. The minimum Gasteiger partial charge on any atom is -0.383 e. The fraction of sp³-hybridized carbons (Fsp3) is 0.143. The maximum atomic E-state index is 13.6. The molecule has 6 heteroatoms. The third kappa shape index (κ3) is 5.05. The highest BCUT2D eigenvalue weighted by Crippen LogP contribution is 2.21. The van der Waals surface area contributed by atoms with E-state index in [1.807, 2.05) is 19.1 Å². The summed E-state index contributed by atoms with van der Waals surface area (Å²) in [6.07, 6.45) is 2.14. The number of aryl methyl sites for hydroxylation is 1. The zero-order chi connectivity index (χ0) is 19.2. The molecule has 138 valence electrons. The standard InChI is InChI=1S/C21H19ClFN3O/c1-14-6-7-16(22)12-20(14)26-21(27)19-9-8-17(13-25-19)24-11-10-15-4-2-3-5-18(15)23/h2-9,12-13,24H,10-11H2,1H3,(H,26,27). The van der Waals surface area contributed by atoms with Crippen LogP contribution in [-0.4, -0.2) is 17.4 Å². The summed E-state index contributed by atoms with van der Waals surface area (Å²) < 4.78 is 13.6. The van der Waals surface area contributed by atoms with Crippen molar-refractivity contribution in [2.75, 3.05) is 17.2 Å². The van der Waals surface area contributed by atoms with E-state index in [-0.39, 0.29) is 11.7 Å². The van der Waals surface area contributed by atoms with Gasteiger partial charge in [0.2, 0.25) is 0 Å². The summed E-state index contributed by atoms with van der Waals surface area (Å²) in [4.78, 5) is 16.5. The zero-order valence-electron chi connectivity index (χ0n) is 14.8. The Bertz CT molecular complexity index is 944. The van der Waals surface area contributed by atoms with Crippen LogP contribution in [0.15, 0.2) is 60.8 Å². The Morgan fingerprint density at radius 2 is 1.96 bits per heavy atom. The fourth-order valence-electron chi connectivity index (χ4n) is 2.59. The maximum absolute atomic E-state index is 13.6. The Morgan fingerprint density at radius 1 is 1.15 bits per heavy atom. The van der Waals surface area contributed by atoms with E-state index in [0.29, 0.717) is 34.9 Å². The number of benzene rings is 2. The normalized spacial score (nSPS) is 10.5. The smallest absolute Gasteiger partial charge is 0.274 e. The lowest BCUT2D eigenvalue weighted by Crippen LogP contribution is -2.14. The highest BCUT2D eigenvalue weighted by Gasteiger charge is 2.10. The van der Waals surface area contributed by atoms with Crippen molar-refractivity contribution in [1.82, 2.24) is 4.98 Å². The Hall–Kier alpha value is -2.92. The van der Waals surface area contributed by atoms with Crippen LogP contribution in [-0.2, 0) is 6.42 Å². The molecule has 2 N–H and O–H groups in total. The van der Waals surface area contributed by atoms with Gasteiger partial charge in [-0.15, -0.1) is 0 Å². The fourth-order valence-corrected chi connectivity index (χ4v) is 2.76. The number of aromatic nitrogens is 1. The van der Waals surface area contributed by atoms with Crippen LogP contribution in [0.25, 0.3) is 0 Å². The molecule has 0 spiro atoms. The van der Waals surface area contributed by atoms with Gasteiger partial charge >= 0.3 is 0 Å². The van der Waals surface area contributed by atoms with Crippen LogP contribution in [0.2, 0.25) is 5.02 Å². The van der Waals surface area contributed by atoms with E-state index in [4.69, 9.17) is 11.6 Å². The van der Waals surface area contributed by atoms with Crippen molar-refractivity contribution < 1.29 is 9.18 Å². The van der Waals surface area contributed by atoms with Crippen LogP contribution >= 0.6 is 11.6 Å². The van der Waals surface area contributed by atoms with E-state index in [0.717, 1.165) is 11.3 Å². The lowest BCUT2D eigenvalue weighted by Gasteiger charge is -2.10. The molecule has 1 heterocycles. The van der Waals surface area contributed by atoms with Crippen molar-refractivity contribution in [3.05, 3.63) is 88.5 Å². The Kier molecular flexibility index (Phi) is 6.04. The molecule has 0 radical (unpaired) electrons. The molecule has 0 unspecified atom stereocenters. The zero-order valence-corrected chi connectivity index (χ0v) is 15.6. The van der Waals surface area contributed by atoms with Gasteiger partial charge in [0.15, 0.2) is 0 Å².